The molecule has 0 saturated heterocycles. The van der Waals surface area contributed by atoms with Gasteiger partial charge in [-0.1, -0.05) is 12.1 Å². The molecule has 0 atom stereocenters. The van der Waals surface area contributed by atoms with E-state index in [-0.39, 0.29) is 0 Å². The van der Waals surface area contributed by atoms with Crippen molar-refractivity contribution in [2.45, 2.75) is 0 Å². The monoisotopic (exact) mass is 229 g/mol. The molecule has 0 radical (unpaired) electrons. The van der Waals surface area contributed by atoms with Crippen LogP contribution in [-0.4, -0.2) is 23.2 Å². The van der Waals surface area contributed by atoms with Crippen molar-refractivity contribution in [3.8, 4) is 5.75 Å². The lowest BCUT2D eigenvalue weighted by molar-refractivity contribution is -0.131. The van der Waals surface area contributed by atoms with Gasteiger partial charge in [0.25, 0.3) is 0 Å². The number of pyridine rings is 1. The van der Waals surface area contributed by atoms with Crippen LogP contribution < -0.4 is 4.74 Å². The summed E-state index contributed by atoms with van der Waals surface area (Å²) < 4.78 is 5.10. The summed E-state index contributed by atoms with van der Waals surface area (Å²) in [6.45, 7) is 0. The van der Waals surface area contributed by atoms with Crippen LogP contribution in [0.25, 0.3) is 17.0 Å². The first-order valence-corrected chi connectivity index (χ1v) is 5.04. The standard InChI is InChI=1S/C13H11NO3/c1-17-10-7-11-9(5-6-13(15)16)3-2-4-12(11)14-8-10/h2-8H,1H3,(H,15,16). The van der Waals surface area contributed by atoms with E-state index in [4.69, 9.17) is 9.84 Å². The lowest BCUT2D eigenvalue weighted by atomic mass is 10.1. The van der Waals surface area contributed by atoms with Gasteiger partial charge in [0.1, 0.15) is 5.75 Å². The summed E-state index contributed by atoms with van der Waals surface area (Å²) in [7, 11) is 1.57. The van der Waals surface area contributed by atoms with Crippen molar-refractivity contribution >= 4 is 22.9 Å². The van der Waals surface area contributed by atoms with Gasteiger partial charge in [-0.2, -0.15) is 0 Å². The molecule has 1 aromatic carbocycles. The highest BCUT2D eigenvalue weighted by Crippen LogP contribution is 2.22. The van der Waals surface area contributed by atoms with Crippen LogP contribution in [0, 0.1) is 0 Å². The van der Waals surface area contributed by atoms with E-state index in [1.54, 1.807) is 19.4 Å². The van der Waals surface area contributed by atoms with E-state index in [1.807, 2.05) is 24.3 Å². The molecule has 0 saturated carbocycles. The zero-order valence-electron chi connectivity index (χ0n) is 9.25. The number of aliphatic carboxylic acids is 1. The molecule has 0 amide bonds. The first kappa shape index (κ1) is 11.1. The molecule has 0 spiro atoms. The number of hydrogen-bond donors (Lipinski definition) is 1. The van der Waals surface area contributed by atoms with Gasteiger partial charge in [-0.15, -0.1) is 0 Å². The summed E-state index contributed by atoms with van der Waals surface area (Å²) in [5.74, 6) is -0.327. The molecule has 0 aliphatic heterocycles. The Balaban J connectivity index is 2.58. The molecule has 0 bridgehead atoms. The molecule has 0 unspecified atom stereocenters. The lowest BCUT2D eigenvalue weighted by Crippen LogP contribution is -1.89. The summed E-state index contributed by atoms with van der Waals surface area (Å²) in [6, 6.07) is 7.38. The van der Waals surface area contributed by atoms with Gasteiger partial charge in [-0.25, -0.2) is 4.79 Å². The second kappa shape index (κ2) is 4.65. The average molecular weight is 229 g/mol. The van der Waals surface area contributed by atoms with Crippen LogP contribution in [0.5, 0.6) is 5.75 Å². The molecule has 2 aromatic rings. The van der Waals surface area contributed by atoms with Gasteiger partial charge >= 0.3 is 5.97 Å². The molecule has 1 aromatic heterocycles. The fourth-order valence-corrected chi connectivity index (χ4v) is 1.57. The van der Waals surface area contributed by atoms with E-state index in [9.17, 15) is 4.79 Å². The second-order valence-electron chi connectivity index (χ2n) is 3.46. The number of rotatable bonds is 3. The zero-order chi connectivity index (χ0) is 12.3. The van der Waals surface area contributed by atoms with Gasteiger partial charge in [0, 0.05) is 11.5 Å². The third-order valence-corrected chi connectivity index (χ3v) is 2.38. The lowest BCUT2D eigenvalue weighted by Gasteiger charge is -2.04. The van der Waals surface area contributed by atoms with Crippen molar-refractivity contribution in [3.63, 3.8) is 0 Å². The number of nitrogens with zero attached hydrogens (tertiary/aromatic N) is 1. The Hall–Kier alpha value is -2.36. The first-order valence-electron chi connectivity index (χ1n) is 5.04. The molecule has 0 aliphatic rings. The molecular formula is C13H11NO3. The van der Waals surface area contributed by atoms with E-state index in [2.05, 4.69) is 4.98 Å². The van der Waals surface area contributed by atoms with Crippen molar-refractivity contribution < 1.29 is 14.6 Å². The number of ether oxygens (including phenoxy) is 1. The molecule has 17 heavy (non-hydrogen) atoms. The minimum atomic E-state index is -0.974. The average Bonchev–Trinajstić information content (AvgIpc) is 2.35. The maximum atomic E-state index is 10.5. The topological polar surface area (TPSA) is 59.4 Å². The van der Waals surface area contributed by atoms with Crippen molar-refractivity contribution in [2.24, 2.45) is 0 Å². The Labute approximate surface area is 98.2 Å². The summed E-state index contributed by atoms with van der Waals surface area (Å²) in [4.78, 5) is 14.7. The third kappa shape index (κ3) is 2.42. The molecule has 2 rings (SSSR count). The number of methoxy groups -OCH3 is 1. The molecular weight excluding hydrogens is 218 g/mol. The molecule has 0 aliphatic carbocycles. The summed E-state index contributed by atoms with van der Waals surface area (Å²) >= 11 is 0. The predicted molar refractivity (Wildman–Crippen MR) is 65.0 cm³/mol. The Morgan fingerprint density at radius 2 is 2.29 bits per heavy atom. The number of aromatic nitrogens is 1. The first-order chi connectivity index (χ1) is 8.20. The van der Waals surface area contributed by atoms with E-state index in [0.717, 1.165) is 22.5 Å². The fourth-order valence-electron chi connectivity index (χ4n) is 1.57. The van der Waals surface area contributed by atoms with Gasteiger partial charge in [0.05, 0.1) is 18.8 Å². The predicted octanol–water partition coefficient (Wildman–Crippen LogP) is 2.34. The minimum Gasteiger partial charge on any atom is -0.495 e. The quantitative estimate of drug-likeness (QED) is 0.820. The van der Waals surface area contributed by atoms with Gasteiger partial charge in [0.15, 0.2) is 0 Å². The van der Waals surface area contributed by atoms with Crippen molar-refractivity contribution in [3.05, 3.63) is 42.1 Å². The SMILES string of the molecule is COc1cnc2cccc(C=CC(=O)O)c2c1. The fraction of sp³-hybridized carbons (Fsp3) is 0.0769. The summed E-state index contributed by atoms with van der Waals surface area (Å²) in [5, 5.41) is 9.49. The number of carbonyl (C=O) groups is 1. The van der Waals surface area contributed by atoms with Crippen LogP contribution in [0.4, 0.5) is 0 Å². The van der Waals surface area contributed by atoms with Crippen LogP contribution in [0.15, 0.2) is 36.5 Å². The van der Waals surface area contributed by atoms with Crippen LogP contribution in [0.2, 0.25) is 0 Å². The van der Waals surface area contributed by atoms with E-state index in [0.29, 0.717) is 5.75 Å². The van der Waals surface area contributed by atoms with Crippen molar-refractivity contribution in [1.82, 2.24) is 4.98 Å². The van der Waals surface area contributed by atoms with Gasteiger partial charge < -0.3 is 9.84 Å². The van der Waals surface area contributed by atoms with E-state index in [1.165, 1.54) is 0 Å². The number of carboxylic acid groups (broad SMARTS) is 1. The Bertz CT molecular complexity index is 590. The normalized spacial score (nSPS) is 10.9. The highest BCUT2D eigenvalue weighted by molar-refractivity contribution is 5.93. The zero-order valence-corrected chi connectivity index (χ0v) is 9.25. The minimum absolute atomic E-state index is 0.647. The number of fused-ring (bicyclic) bond motifs is 1. The molecule has 4 nitrogen and oxygen atoms in total. The maximum Gasteiger partial charge on any atom is 0.328 e. The van der Waals surface area contributed by atoms with Crippen molar-refractivity contribution in [1.29, 1.82) is 0 Å². The molecule has 4 heteroatoms. The Morgan fingerprint density at radius 1 is 1.47 bits per heavy atom. The Morgan fingerprint density at radius 3 is 3.00 bits per heavy atom. The maximum absolute atomic E-state index is 10.5. The van der Waals surface area contributed by atoms with Crippen LogP contribution in [0.1, 0.15) is 5.56 Å². The summed E-state index contributed by atoms with van der Waals surface area (Å²) in [5.41, 5.74) is 1.61. The largest absolute Gasteiger partial charge is 0.495 e. The van der Waals surface area contributed by atoms with Crippen LogP contribution >= 0.6 is 0 Å². The van der Waals surface area contributed by atoms with E-state index < -0.39 is 5.97 Å². The van der Waals surface area contributed by atoms with Gasteiger partial charge in [-0.3, -0.25) is 4.98 Å². The second-order valence-corrected chi connectivity index (χ2v) is 3.46. The summed E-state index contributed by atoms with van der Waals surface area (Å²) in [6.07, 6.45) is 4.28. The van der Waals surface area contributed by atoms with Gasteiger partial charge in [0.2, 0.25) is 0 Å². The Kier molecular flexibility index (Phi) is 3.05. The molecule has 1 heterocycles. The van der Waals surface area contributed by atoms with Crippen LogP contribution in [-0.2, 0) is 4.79 Å². The smallest absolute Gasteiger partial charge is 0.328 e. The van der Waals surface area contributed by atoms with Gasteiger partial charge in [-0.05, 0) is 23.8 Å². The third-order valence-electron chi connectivity index (χ3n) is 2.38. The highest BCUT2D eigenvalue weighted by atomic mass is 16.5. The number of benzene rings is 1. The molecule has 1 N–H and O–H groups in total. The number of carboxylic acids is 1. The van der Waals surface area contributed by atoms with Crippen LogP contribution in [0.3, 0.4) is 0 Å². The highest BCUT2D eigenvalue weighted by Gasteiger charge is 2.01. The van der Waals surface area contributed by atoms with E-state index >= 15 is 0 Å². The molecule has 0 fully saturated rings. The van der Waals surface area contributed by atoms with Crippen molar-refractivity contribution in [2.75, 3.05) is 7.11 Å². The number of hydrogen-bond acceptors (Lipinski definition) is 3. The molecule has 86 valence electrons.